The monoisotopic (exact) mass is 297 g/mol. The van der Waals surface area contributed by atoms with Crippen LogP contribution in [0.3, 0.4) is 0 Å². The average Bonchev–Trinajstić information content (AvgIpc) is 2.44. The van der Waals surface area contributed by atoms with Crippen LogP contribution in [0.5, 0.6) is 0 Å². The molecule has 20 heavy (non-hydrogen) atoms. The van der Waals surface area contributed by atoms with Gasteiger partial charge < -0.3 is 10.2 Å². The maximum atomic E-state index is 11.7. The van der Waals surface area contributed by atoms with Gasteiger partial charge in [-0.3, -0.25) is 0 Å². The largest absolute Gasteiger partial charge is 0.369 e. The number of primary sulfonamides is 1. The molecule has 1 aromatic rings. The van der Waals surface area contributed by atoms with Crippen molar-refractivity contribution in [2.45, 2.75) is 37.1 Å². The van der Waals surface area contributed by atoms with Crippen LogP contribution in [0.15, 0.2) is 29.2 Å². The third-order valence-corrected chi connectivity index (χ3v) is 4.58. The van der Waals surface area contributed by atoms with Crippen LogP contribution in [0.1, 0.15) is 26.2 Å². The summed E-state index contributed by atoms with van der Waals surface area (Å²) in [6, 6.07) is 7.39. The zero-order valence-electron chi connectivity index (χ0n) is 11.9. The molecule has 2 rings (SSSR count). The van der Waals surface area contributed by atoms with E-state index in [0.29, 0.717) is 6.04 Å². The minimum Gasteiger partial charge on any atom is -0.369 e. The number of anilines is 1. The molecule has 3 N–H and O–H groups in total. The SMILES string of the molecule is CCCNC1CCCN(c2ccccc2S(N)(=O)=O)C1. The third-order valence-electron chi connectivity index (χ3n) is 3.62. The highest BCUT2D eigenvalue weighted by atomic mass is 32.2. The Morgan fingerprint density at radius 2 is 2.15 bits per heavy atom. The molecule has 0 aromatic heterocycles. The van der Waals surface area contributed by atoms with Gasteiger partial charge in [0.05, 0.1) is 5.69 Å². The Hall–Kier alpha value is -1.11. The molecule has 0 amide bonds. The molecule has 1 unspecified atom stereocenters. The quantitative estimate of drug-likeness (QED) is 0.859. The number of rotatable bonds is 5. The van der Waals surface area contributed by atoms with E-state index in [-0.39, 0.29) is 4.90 Å². The minimum atomic E-state index is -3.68. The summed E-state index contributed by atoms with van der Waals surface area (Å²) in [7, 11) is -3.68. The van der Waals surface area contributed by atoms with Crippen LogP contribution in [0.2, 0.25) is 0 Å². The van der Waals surface area contributed by atoms with Gasteiger partial charge in [-0.25, -0.2) is 13.6 Å². The first-order chi connectivity index (χ1) is 9.52. The maximum absolute atomic E-state index is 11.7. The van der Waals surface area contributed by atoms with Gasteiger partial charge in [0.2, 0.25) is 10.0 Å². The second kappa shape index (κ2) is 6.56. The van der Waals surface area contributed by atoms with Gasteiger partial charge in [-0.05, 0) is 37.9 Å². The molecule has 6 heteroatoms. The number of sulfonamides is 1. The van der Waals surface area contributed by atoms with Gasteiger partial charge in [0.25, 0.3) is 0 Å². The van der Waals surface area contributed by atoms with Crippen LogP contribution >= 0.6 is 0 Å². The molecule has 5 nitrogen and oxygen atoms in total. The fourth-order valence-corrected chi connectivity index (χ4v) is 3.43. The number of hydrogen-bond donors (Lipinski definition) is 2. The fraction of sp³-hybridized carbons (Fsp3) is 0.571. The Balaban J connectivity index is 2.19. The number of hydrogen-bond acceptors (Lipinski definition) is 4. The molecular formula is C14H23N3O2S. The molecule has 0 saturated carbocycles. The van der Waals surface area contributed by atoms with Crippen molar-refractivity contribution in [3.63, 3.8) is 0 Å². The van der Waals surface area contributed by atoms with Gasteiger partial charge >= 0.3 is 0 Å². The molecule has 1 saturated heterocycles. The standard InChI is InChI=1S/C14H23N3O2S/c1-2-9-16-12-6-5-10-17(11-12)13-7-3-4-8-14(13)20(15,18)19/h3-4,7-8,12,16H,2,5-6,9-11H2,1H3,(H2,15,18,19). The van der Waals surface area contributed by atoms with E-state index < -0.39 is 10.0 Å². The summed E-state index contributed by atoms with van der Waals surface area (Å²) in [4.78, 5) is 2.34. The van der Waals surface area contributed by atoms with E-state index in [4.69, 9.17) is 5.14 Å². The van der Waals surface area contributed by atoms with E-state index in [1.807, 2.05) is 12.1 Å². The van der Waals surface area contributed by atoms with Crippen molar-refractivity contribution in [1.82, 2.24) is 5.32 Å². The van der Waals surface area contributed by atoms with Crippen molar-refractivity contribution in [2.24, 2.45) is 5.14 Å². The second-order valence-electron chi connectivity index (χ2n) is 5.25. The molecule has 0 aliphatic carbocycles. The number of piperidine rings is 1. The Morgan fingerprint density at radius 3 is 2.85 bits per heavy atom. The molecule has 1 aliphatic rings. The number of nitrogens with one attached hydrogen (secondary N) is 1. The van der Waals surface area contributed by atoms with Crippen molar-refractivity contribution >= 4 is 15.7 Å². The molecule has 0 bridgehead atoms. The van der Waals surface area contributed by atoms with Crippen molar-refractivity contribution in [2.75, 3.05) is 24.5 Å². The fourth-order valence-electron chi connectivity index (χ4n) is 2.67. The highest BCUT2D eigenvalue weighted by molar-refractivity contribution is 7.89. The lowest BCUT2D eigenvalue weighted by molar-refractivity contribution is 0.422. The van der Waals surface area contributed by atoms with Crippen molar-refractivity contribution in [3.8, 4) is 0 Å². The normalized spacial score (nSPS) is 20.1. The minimum absolute atomic E-state index is 0.219. The zero-order chi connectivity index (χ0) is 14.6. The first-order valence-electron chi connectivity index (χ1n) is 7.12. The first kappa shape index (κ1) is 15.3. The molecule has 1 atom stereocenters. The van der Waals surface area contributed by atoms with Crippen LogP contribution in [0.4, 0.5) is 5.69 Å². The number of benzene rings is 1. The van der Waals surface area contributed by atoms with E-state index >= 15 is 0 Å². The van der Waals surface area contributed by atoms with E-state index in [1.165, 1.54) is 0 Å². The first-order valence-corrected chi connectivity index (χ1v) is 8.67. The topological polar surface area (TPSA) is 75.4 Å². The summed E-state index contributed by atoms with van der Waals surface area (Å²) >= 11 is 0. The van der Waals surface area contributed by atoms with Crippen LogP contribution in [-0.2, 0) is 10.0 Å². The summed E-state index contributed by atoms with van der Waals surface area (Å²) < 4.78 is 23.4. The molecule has 112 valence electrons. The summed E-state index contributed by atoms with van der Waals surface area (Å²) in [5.41, 5.74) is 0.720. The van der Waals surface area contributed by atoms with Gasteiger partial charge in [0.15, 0.2) is 0 Å². The molecule has 0 spiro atoms. The summed E-state index contributed by atoms with van der Waals surface area (Å²) in [6.07, 6.45) is 3.29. The molecule has 1 aliphatic heterocycles. The Bertz CT molecular complexity index is 545. The number of para-hydroxylation sites is 1. The van der Waals surface area contributed by atoms with Crippen LogP contribution < -0.4 is 15.4 Å². The number of nitrogens with two attached hydrogens (primary N) is 1. The van der Waals surface area contributed by atoms with Crippen molar-refractivity contribution in [1.29, 1.82) is 0 Å². The lowest BCUT2D eigenvalue weighted by atomic mass is 10.0. The Labute approximate surface area is 121 Å². The van der Waals surface area contributed by atoms with Crippen LogP contribution in [0.25, 0.3) is 0 Å². The lowest BCUT2D eigenvalue weighted by Gasteiger charge is -2.35. The molecule has 1 fully saturated rings. The van der Waals surface area contributed by atoms with E-state index in [1.54, 1.807) is 12.1 Å². The lowest BCUT2D eigenvalue weighted by Crippen LogP contribution is -2.46. The predicted molar refractivity (Wildman–Crippen MR) is 81.3 cm³/mol. The van der Waals surface area contributed by atoms with E-state index in [0.717, 1.165) is 44.6 Å². The number of nitrogens with zero attached hydrogens (tertiary/aromatic N) is 1. The predicted octanol–water partition coefficient (Wildman–Crippen LogP) is 1.30. The highest BCUT2D eigenvalue weighted by Crippen LogP contribution is 2.26. The average molecular weight is 297 g/mol. The zero-order valence-corrected chi connectivity index (χ0v) is 12.7. The van der Waals surface area contributed by atoms with Gasteiger partial charge in [-0.1, -0.05) is 19.1 Å². The second-order valence-corrected chi connectivity index (χ2v) is 6.78. The van der Waals surface area contributed by atoms with Crippen LogP contribution in [-0.4, -0.2) is 34.1 Å². The molecule has 0 radical (unpaired) electrons. The van der Waals surface area contributed by atoms with Gasteiger partial charge in [0, 0.05) is 19.1 Å². The van der Waals surface area contributed by atoms with Gasteiger partial charge in [0.1, 0.15) is 4.90 Å². The van der Waals surface area contributed by atoms with E-state index in [9.17, 15) is 8.42 Å². The Morgan fingerprint density at radius 1 is 1.40 bits per heavy atom. The molecular weight excluding hydrogens is 274 g/mol. The molecule has 1 aromatic carbocycles. The van der Waals surface area contributed by atoms with Crippen molar-refractivity contribution < 1.29 is 8.42 Å². The summed E-state index contributed by atoms with van der Waals surface area (Å²) in [6.45, 7) is 4.84. The van der Waals surface area contributed by atoms with Crippen molar-refractivity contribution in [3.05, 3.63) is 24.3 Å². The highest BCUT2D eigenvalue weighted by Gasteiger charge is 2.23. The van der Waals surface area contributed by atoms with E-state index in [2.05, 4.69) is 17.1 Å². The third kappa shape index (κ3) is 3.71. The Kier molecular flexibility index (Phi) is 5.01. The maximum Gasteiger partial charge on any atom is 0.240 e. The van der Waals surface area contributed by atoms with Gasteiger partial charge in [-0.2, -0.15) is 0 Å². The summed E-state index contributed by atoms with van der Waals surface area (Å²) in [5.74, 6) is 0. The smallest absolute Gasteiger partial charge is 0.240 e. The molecule has 1 heterocycles. The van der Waals surface area contributed by atoms with Gasteiger partial charge in [-0.15, -0.1) is 0 Å². The van der Waals surface area contributed by atoms with Crippen LogP contribution in [0, 0.1) is 0 Å². The summed E-state index contributed by atoms with van der Waals surface area (Å²) in [5, 5.41) is 8.82.